The second kappa shape index (κ2) is 35.9. The average Bonchev–Trinajstić information content (AvgIpc) is 3.80. The summed E-state index contributed by atoms with van der Waals surface area (Å²) in [6.07, 6.45) is 12.0. The van der Waals surface area contributed by atoms with Gasteiger partial charge in [0.25, 0.3) is 0 Å². The van der Waals surface area contributed by atoms with Crippen molar-refractivity contribution in [2.45, 2.75) is 48.5 Å². The number of aromatic nitrogens is 10. The van der Waals surface area contributed by atoms with Crippen LogP contribution in [0.25, 0.3) is 78.9 Å². The Hall–Kier alpha value is -11.6. The molecule has 0 aliphatic rings. The van der Waals surface area contributed by atoms with E-state index in [9.17, 15) is 0 Å². The molecule has 0 radical (unpaired) electrons. The standard InChI is InChI=1S/C13H12.3C12H11N.2C11H10N2.C10H9N3/c1-11-7-5-6-10-13(11)12-8-3-2-4-9-12;1-10-5-4-6-11(9-10)12-7-2-3-8-13-12;1-10-6-5-9-12(13-10)11-7-3-2-4-8-11;1-10-9-12(7-8-13-10)11-5-3-2-4-6-11;1-9-4-2-5-10(8-9)11-12-6-3-7-13-11;1-9-5-4-7-11(13-9)10-6-2-3-8-12-10;1-8-3-2-4-9(5-8)10-12-6-11-7-13-10/h2-10H,1H3;3*2-9H,1H3;2*2-8H,1H3;2-7H,1H3. The second-order valence-electron chi connectivity index (χ2n) is 21.0. The quantitative estimate of drug-likeness (QED) is 0.152. The molecule has 7 heterocycles. The van der Waals surface area contributed by atoms with Gasteiger partial charge in [0.15, 0.2) is 11.6 Å². The van der Waals surface area contributed by atoms with Crippen LogP contribution >= 0.6 is 0 Å². The molecule has 91 heavy (non-hydrogen) atoms. The lowest BCUT2D eigenvalue weighted by atomic mass is 10.0. The van der Waals surface area contributed by atoms with Crippen molar-refractivity contribution in [3.05, 3.63) is 362 Å². The van der Waals surface area contributed by atoms with Crippen LogP contribution in [0.4, 0.5) is 0 Å². The van der Waals surface area contributed by atoms with Crippen LogP contribution in [0.1, 0.15) is 39.3 Å². The van der Waals surface area contributed by atoms with E-state index in [1.54, 1.807) is 18.6 Å². The van der Waals surface area contributed by atoms with Crippen molar-refractivity contribution in [2.24, 2.45) is 0 Å². The monoisotopic (exact) mass is 1190 g/mol. The number of hydrogen-bond acceptors (Lipinski definition) is 10. The lowest BCUT2D eigenvalue weighted by molar-refractivity contribution is 1.05. The van der Waals surface area contributed by atoms with Gasteiger partial charge >= 0.3 is 0 Å². The third kappa shape index (κ3) is 22.2. The third-order valence-electron chi connectivity index (χ3n) is 13.6. The summed E-state index contributed by atoms with van der Waals surface area (Å²) < 4.78 is 0. The summed E-state index contributed by atoms with van der Waals surface area (Å²) in [5.74, 6) is 1.50. The van der Waals surface area contributed by atoms with Crippen molar-refractivity contribution < 1.29 is 0 Å². The smallest absolute Gasteiger partial charge is 0.162 e. The third-order valence-corrected chi connectivity index (χ3v) is 13.6. The normalized spacial score (nSPS) is 9.92. The van der Waals surface area contributed by atoms with Gasteiger partial charge < -0.3 is 0 Å². The van der Waals surface area contributed by atoms with Crippen LogP contribution in [-0.4, -0.2) is 49.8 Å². The van der Waals surface area contributed by atoms with Gasteiger partial charge in [-0.25, -0.2) is 24.9 Å². The predicted molar refractivity (Wildman–Crippen MR) is 374 cm³/mol. The van der Waals surface area contributed by atoms with Gasteiger partial charge in [0.05, 0.1) is 22.8 Å². The molecule has 7 aromatic carbocycles. The molecular weight excluding hydrogens is 1110 g/mol. The minimum absolute atomic E-state index is 0.721. The lowest BCUT2D eigenvalue weighted by Crippen LogP contribution is -1.88. The van der Waals surface area contributed by atoms with E-state index in [0.717, 1.165) is 62.6 Å². The van der Waals surface area contributed by atoms with Crippen molar-refractivity contribution >= 4 is 0 Å². The fraction of sp³-hybridized carbons (Fsp3) is 0.0864. The Morgan fingerprint density at radius 2 is 0.648 bits per heavy atom. The molecule has 0 fully saturated rings. The molecule has 0 unspecified atom stereocenters. The molecule has 0 amide bonds. The Kier molecular flexibility index (Phi) is 25.8. The summed E-state index contributed by atoms with van der Waals surface area (Å²) in [5, 5.41) is 0. The number of hydrogen-bond donors (Lipinski definition) is 0. The molecule has 14 rings (SSSR count). The molecule has 0 aliphatic heterocycles. The maximum atomic E-state index is 4.44. The summed E-state index contributed by atoms with van der Waals surface area (Å²) in [6.45, 7) is 14.3. The fourth-order valence-electron chi connectivity index (χ4n) is 9.13. The topological polar surface area (TPSA) is 129 Å². The van der Waals surface area contributed by atoms with Gasteiger partial charge in [-0.15, -0.1) is 0 Å². The maximum Gasteiger partial charge on any atom is 0.162 e. The molecule has 0 atom stereocenters. The second-order valence-corrected chi connectivity index (χ2v) is 21.0. The van der Waals surface area contributed by atoms with Crippen LogP contribution in [0.3, 0.4) is 0 Å². The van der Waals surface area contributed by atoms with Crippen molar-refractivity contribution in [1.29, 1.82) is 0 Å². The first-order valence-corrected chi connectivity index (χ1v) is 30.0. The van der Waals surface area contributed by atoms with E-state index < -0.39 is 0 Å². The highest BCUT2D eigenvalue weighted by atomic mass is 15.0. The Morgan fingerprint density at radius 1 is 0.220 bits per heavy atom. The molecule has 10 heteroatoms. The molecule has 0 bridgehead atoms. The highest BCUT2D eigenvalue weighted by Crippen LogP contribution is 2.24. The summed E-state index contributed by atoms with van der Waals surface area (Å²) in [5.41, 5.74) is 21.6. The molecular formula is C81H74N10. The Bertz CT molecular complexity index is 3720. The van der Waals surface area contributed by atoms with E-state index in [2.05, 4.69) is 192 Å². The highest BCUT2D eigenvalue weighted by molar-refractivity contribution is 5.67. The van der Waals surface area contributed by atoms with Crippen molar-refractivity contribution in [3.63, 3.8) is 0 Å². The van der Waals surface area contributed by atoms with Crippen LogP contribution in [0.5, 0.6) is 0 Å². The zero-order valence-corrected chi connectivity index (χ0v) is 52.6. The lowest BCUT2D eigenvalue weighted by Gasteiger charge is -2.04. The van der Waals surface area contributed by atoms with E-state index in [-0.39, 0.29) is 0 Å². The Labute approximate surface area is 536 Å². The van der Waals surface area contributed by atoms with Crippen LogP contribution in [0.2, 0.25) is 0 Å². The number of nitrogens with zero attached hydrogens (tertiary/aromatic N) is 10. The maximum absolute atomic E-state index is 4.44. The minimum atomic E-state index is 0.721. The highest BCUT2D eigenvalue weighted by Gasteiger charge is 2.03. The average molecular weight is 1190 g/mol. The van der Waals surface area contributed by atoms with E-state index >= 15 is 0 Å². The first-order chi connectivity index (χ1) is 44.5. The summed E-state index contributed by atoms with van der Waals surface area (Å²) in [6, 6.07) is 93.8. The van der Waals surface area contributed by atoms with Gasteiger partial charge in [0.1, 0.15) is 12.7 Å². The first kappa shape index (κ1) is 65.4. The number of pyridine rings is 5. The molecule has 0 N–H and O–H groups in total. The molecule has 0 saturated carbocycles. The van der Waals surface area contributed by atoms with Gasteiger partial charge in [0.2, 0.25) is 0 Å². The summed E-state index contributed by atoms with van der Waals surface area (Å²) in [7, 11) is 0. The van der Waals surface area contributed by atoms with E-state index in [1.807, 2.05) is 198 Å². The zero-order chi connectivity index (χ0) is 63.7. The largest absolute Gasteiger partial charge is 0.262 e. The van der Waals surface area contributed by atoms with Gasteiger partial charge in [-0.05, 0) is 161 Å². The van der Waals surface area contributed by atoms with Crippen molar-refractivity contribution in [1.82, 2.24) is 49.8 Å². The number of benzene rings is 7. The summed E-state index contributed by atoms with van der Waals surface area (Å²) >= 11 is 0. The molecule has 0 saturated heterocycles. The van der Waals surface area contributed by atoms with Crippen LogP contribution < -0.4 is 0 Å². The van der Waals surface area contributed by atoms with Gasteiger partial charge in [-0.1, -0.05) is 211 Å². The van der Waals surface area contributed by atoms with Crippen LogP contribution in [0.15, 0.2) is 323 Å². The summed E-state index contributed by atoms with van der Waals surface area (Å²) in [4.78, 5) is 41.8. The van der Waals surface area contributed by atoms with Crippen molar-refractivity contribution in [3.8, 4) is 78.9 Å². The Morgan fingerprint density at radius 3 is 1.18 bits per heavy atom. The molecule has 10 nitrogen and oxygen atoms in total. The van der Waals surface area contributed by atoms with Gasteiger partial charge in [-0.2, -0.15) is 0 Å². The fourth-order valence-corrected chi connectivity index (χ4v) is 9.13. The zero-order valence-electron chi connectivity index (χ0n) is 52.6. The van der Waals surface area contributed by atoms with E-state index in [0.29, 0.717) is 0 Å². The first-order valence-electron chi connectivity index (χ1n) is 30.0. The number of aryl methyl sites for hydroxylation is 7. The van der Waals surface area contributed by atoms with Gasteiger partial charge in [-0.3, -0.25) is 24.9 Å². The molecule has 14 aromatic rings. The molecule has 7 aromatic heterocycles. The minimum Gasteiger partial charge on any atom is -0.262 e. The van der Waals surface area contributed by atoms with Crippen molar-refractivity contribution in [2.75, 3.05) is 0 Å². The SMILES string of the molecule is Cc1cc(-c2ccccc2)ccn1.Cc1cccc(-c2ccccc2)n1.Cc1cccc(-c2ccccn2)c1.Cc1cccc(-c2ccccn2)n1.Cc1cccc(-c2ncccn2)c1.Cc1cccc(-c2ncncn2)c1.Cc1ccccc1-c1ccccc1. The van der Waals surface area contributed by atoms with Gasteiger partial charge in [0, 0.05) is 70.3 Å². The van der Waals surface area contributed by atoms with E-state index in [1.165, 1.54) is 68.3 Å². The number of rotatable bonds is 7. The van der Waals surface area contributed by atoms with Crippen LogP contribution in [-0.2, 0) is 0 Å². The van der Waals surface area contributed by atoms with Crippen LogP contribution in [0, 0.1) is 48.5 Å². The Balaban J connectivity index is 0.000000137. The van der Waals surface area contributed by atoms with E-state index in [4.69, 9.17) is 0 Å². The molecule has 0 spiro atoms. The molecule has 0 aliphatic carbocycles. The molecule has 448 valence electrons. The predicted octanol–water partition coefficient (Wildman–Crippen LogP) is 19.6.